The summed E-state index contributed by atoms with van der Waals surface area (Å²) in [6, 6.07) is 0.986. The van der Waals surface area contributed by atoms with E-state index in [0.717, 1.165) is 6.07 Å². The lowest BCUT2D eigenvalue weighted by atomic mass is 10.1. The molecule has 0 aliphatic heterocycles. The van der Waals surface area contributed by atoms with E-state index in [9.17, 15) is 13.6 Å². The minimum Gasteiger partial charge on any atom is -0.481 e. The van der Waals surface area contributed by atoms with Crippen molar-refractivity contribution in [3.8, 4) is 11.8 Å². The van der Waals surface area contributed by atoms with Gasteiger partial charge in [0.15, 0.2) is 0 Å². The Balaban J connectivity index is 3.39. The van der Waals surface area contributed by atoms with Gasteiger partial charge in [-0.15, -0.1) is 0 Å². The largest absolute Gasteiger partial charge is 0.481 e. The monoisotopic (exact) mass is 261 g/mol. The van der Waals surface area contributed by atoms with Gasteiger partial charge in [0.05, 0.1) is 20.8 Å². The highest BCUT2D eigenvalue weighted by molar-refractivity contribution is 5.93. The molecule has 5 nitrogen and oxygen atoms in total. The molecule has 0 amide bonds. The summed E-state index contributed by atoms with van der Waals surface area (Å²) in [7, 11) is 2.50. The van der Waals surface area contributed by atoms with E-state index in [0.29, 0.717) is 0 Å². The summed E-state index contributed by atoms with van der Waals surface area (Å²) < 4.78 is 40.1. The van der Waals surface area contributed by atoms with Crippen molar-refractivity contribution in [1.82, 2.24) is 4.98 Å². The van der Waals surface area contributed by atoms with Crippen molar-refractivity contribution in [2.24, 2.45) is 0 Å². The van der Waals surface area contributed by atoms with Crippen LogP contribution in [-0.4, -0.2) is 31.8 Å². The molecular weight excluding hydrogens is 248 g/mol. The van der Waals surface area contributed by atoms with Gasteiger partial charge in [-0.2, -0.15) is 4.98 Å². The van der Waals surface area contributed by atoms with Crippen LogP contribution in [0.2, 0.25) is 0 Å². The number of aromatic nitrogens is 1. The third kappa shape index (κ3) is 2.85. The summed E-state index contributed by atoms with van der Waals surface area (Å²) in [6.45, 7) is 1.64. The highest BCUT2D eigenvalue weighted by Crippen LogP contribution is 2.32. The van der Waals surface area contributed by atoms with E-state index < -0.39 is 18.0 Å². The van der Waals surface area contributed by atoms with Gasteiger partial charge >= 0.3 is 5.97 Å². The predicted molar refractivity (Wildman–Crippen MR) is 58.3 cm³/mol. The van der Waals surface area contributed by atoms with Crippen LogP contribution in [-0.2, 0) is 4.74 Å². The molecule has 0 atom stereocenters. The zero-order chi connectivity index (χ0) is 13.7. The standard InChI is InChI=1S/C11H13F2NO4/c1-4-18-11(15)8-6(9(12)13)5-7(16-2)14-10(8)17-3/h5,9H,4H2,1-3H3. The Labute approximate surface area is 103 Å². The minimum absolute atomic E-state index is 0.0600. The quantitative estimate of drug-likeness (QED) is 0.760. The highest BCUT2D eigenvalue weighted by atomic mass is 19.3. The Morgan fingerprint density at radius 2 is 2.06 bits per heavy atom. The average molecular weight is 261 g/mol. The van der Waals surface area contributed by atoms with Gasteiger partial charge in [0, 0.05) is 11.6 Å². The first-order valence-corrected chi connectivity index (χ1v) is 5.13. The number of carbonyl (C=O) groups excluding carboxylic acids is 1. The number of ether oxygens (including phenoxy) is 3. The van der Waals surface area contributed by atoms with Crippen LogP contribution in [0.1, 0.15) is 29.3 Å². The second-order valence-corrected chi connectivity index (χ2v) is 3.16. The highest BCUT2D eigenvalue weighted by Gasteiger charge is 2.26. The van der Waals surface area contributed by atoms with Gasteiger partial charge in [-0.25, -0.2) is 13.6 Å². The number of hydrogen-bond acceptors (Lipinski definition) is 5. The molecule has 0 aliphatic carbocycles. The molecule has 1 aromatic rings. The normalized spacial score (nSPS) is 10.3. The Morgan fingerprint density at radius 3 is 2.50 bits per heavy atom. The topological polar surface area (TPSA) is 57.7 Å². The van der Waals surface area contributed by atoms with E-state index in [1.807, 2.05) is 0 Å². The third-order valence-electron chi connectivity index (χ3n) is 2.11. The molecule has 1 heterocycles. The van der Waals surface area contributed by atoms with Crippen molar-refractivity contribution in [2.45, 2.75) is 13.3 Å². The molecule has 0 spiro atoms. The van der Waals surface area contributed by atoms with Gasteiger partial charge in [-0.3, -0.25) is 0 Å². The maximum absolute atomic E-state index is 12.9. The molecule has 100 valence electrons. The van der Waals surface area contributed by atoms with Crippen LogP contribution in [0.3, 0.4) is 0 Å². The molecule has 0 aliphatic rings. The summed E-state index contributed by atoms with van der Waals surface area (Å²) in [5.74, 6) is -1.21. The predicted octanol–water partition coefficient (Wildman–Crippen LogP) is 2.21. The SMILES string of the molecule is CCOC(=O)c1c(C(F)F)cc(OC)nc1OC. The maximum atomic E-state index is 12.9. The number of rotatable bonds is 5. The molecule has 18 heavy (non-hydrogen) atoms. The molecule has 0 saturated heterocycles. The van der Waals surface area contributed by atoms with Crippen LogP contribution in [0.4, 0.5) is 8.78 Å². The van der Waals surface area contributed by atoms with Crippen molar-refractivity contribution in [1.29, 1.82) is 0 Å². The van der Waals surface area contributed by atoms with Crippen molar-refractivity contribution >= 4 is 5.97 Å². The first-order chi connectivity index (χ1) is 8.54. The zero-order valence-corrected chi connectivity index (χ0v) is 10.2. The molecule has 1 rings (SSSR count). The summed E-state index contributed by atoms with van der Waals surface area (Å²) >= 11 is 0. The lowest BCUT2D eigenvalue weighted by Crippen LogP contribution is -2.12. The summed E-state index contributed by atoms with van der Waals surface area (Å²) in [6.07, 6.45) is -2.87. The second kappa shape index (κ2) is 6.13. The van der Waals surface area contributed by atoms with Crippen LogP contribution in [0.15, 0.2) is 6.07 Å². The molecule has 0 saturated carbocycles. The van der Waals surface area contributed by atoms with E-state index in [4.69, 9.17) is 14.2 Å². The smallest absolute Gasteiger partial charge is 0.344 e. The first-order valence-electron chi connectivity index (χ1n) is 5.13. The van der Waals surface area contributed by atoms with Gasteiger partial charge in [-0.1, -0.05) is 0 Å². The fourth-order valence-corrected chi connectivity index (χ4v) is 1.35. The lowest BCUT2D eigenvalue weighted by Gasteiger charge is -2.13. The zero-order valence-electron chi connectivity index (χ0n) is 10.2. The van der Waals surface area contributed by atoms with Crippen LogP contribution in [0.25, 0.3) is 0 Å². The molecule has 0 fully saturated rings. The molecule has 7 heteroatoms. The Bertz CT molecular complexity index is 437. The van der Waals surface area contributed by atoms with Crippen LogP contribution >= 0.6 is 0 Å². The van der Waals surface area contributed by atoms with Gasteiger partial charge in [0.25, 0.3) is 6.43 Å². The number of carbonyl (C=O) groups is 1. The Kier molecular flexibility index (Phi) is 4.82. The van der Waals surface area contributed by atoms with Crippen molar-refractivity contribution in [2.75, 3.05) is 20.8 Å². The molecular formula is C11H13F2NO4. The Hall–Kier alpha value is -1.92. The number of pyridine rings is 1. The van der Waals surface area contributed by atoms with E-state index >= 15 is 0 Å². The van der Waals surface area contributed by atoms with Crippen molar-refractivity contribution < 1.29 is 27.8 Å². The lowest BCUT2D eigenvalue weighted by molar-refractivity contribution is 0.0510. The number of halogens is 2. The van der Waals surface area contributed by atoms with Gasteiger partial charge in [-0.05, 0) is 6.92 Å². The Morgan fingerprint density at radius 1 is 1.39 bits per heavy atom. The summed E-state index contributed by atoms with van der Waals surface area (Å²) in [5.41, 5.74) is -0.910. The van der Waals surface area contributed by atoms with E-state index in [1.165, 1.54) is 14.2 Å². The van der Waals surface area contributed by atoms with Crippen LogP contribution < -0.4 is 9.47 Å². The van der Waals surface area contributed by atoms with E-state index in [1.54, 1.807) is 6.92 Å². The molecule has 1 aromatic heterocycles. The van der Waals surface area contributed by atoms with Gasteiger partial charge in [0.1, 0.15) is 5.56 Å². The van der Waals surface area contributed by atoms with E-state index in [2.05, 4.69) is 4.98 Å². The molecule has 0 bridgehead atoms. The van der Waals surface area contributed by atoms with E-state index in [-0.39, 0.29) is 23.9 Å². The minimum atomic E-state index is -2.87. The molecule has 0 N–H and O–H groups in total. The van der Waals surface area contributed by atoms with Gasteiger partial charge < -0.3 is 14.2 Å². The van der Waals surface area contributed by atoms with Crippen molar-refractivity contribution in [3.05, 3.63) is 17.2 Å². The van der Waals surface area contributed by atoms with Crippen molar-refractivity contribution in [3.63, 3.8) is 0 Å². The average Bonchev–Trinajstić information content (AvgIpc) is 2.37. The number of methoxy groups -OCH3 is 2. The number of esters is 1. The van der Waals surface area contributed by atoms with Gasteiger partial charge in [0.2, 0.25) is 11.8 Å². The number of alkyl halides is 2. The maximum Gasteiger partial charge on any atom is 0.344 e. The van der Waals surface area contributed by atoms with Crippen LogP contribution in [0, 0.1) is 0 Å². The van der Waals surface area contributed by atoms with Crippen LogP contribution in [0.5, 0.6) is 11.8 Å². The summed E-state index contributed by atoms with van der Waals surface area (Å²) in [4.78, 5) is 15.4. The first kappa shape index (κ1) is 14.1. The third-order valence-corrected chi connectivity index (χ3v) is 2.11. The number of nitrogens with zero attached hydrogens (tertiary/aromatic N) is 1. The molecule has 0 aromatic carbocycles. The molecule has 0 unspecified atom stereocenters. The summed E-state index contributed by atoms with van der Waals surface area (Å²) in [5, 5.41) is 0. The second-order valence-electron chi connectivity index (χ2n) is 3.16. The number of hydrogen-bond donors (Lipinski definition) is 0. The molecule has 0 radical (unpaired) electrons. The fourth-order valence-electron chi connectivity index (χ4n) is 1.35. The fraction of sp³-hybridized carbons (Fsp3) is 0.455.